The quantitative estimate of drug-likeness (QED) is 0.439. The average molecular weight is 454 g/mol. The van der Waals surface area contributed by atoms with Crippen LogP contribution in [0.5, 0.6) is 0 Å². The number of nitrogens with one attached hydrogen (secondary N) is 1. The lowest BCUT2D eigenvalue weighted by Gasteiger charge is -2.18. The predicted molar refractivity (Wildman–Crippen MR) is 121 cm³/mol. The van der Waals surface area contributed by atoms with Crippen molar-refractivity contribution in [1.82, 2.24) is 25.5 Å². The molecule has 0 fully saturated rings. The standard InChI is InChI=1S/C22H23N5O2S2/c1-3-16-6-8-17(9-7-16)22(20-5-4-14-30-20)23-15-21-24-25-26-27(21)18-10-12-19(13-11-18)31(2,28)29/h4-14,22-23H,3,15H2,1-2H3. The zero-order chi connectivity index (χ0) is 21.8. The van der Waals surface area contributed by atoms with Crippen LogP contribution in [-0.4, -0.2) is 34.9 Å². The van der Waals surface area contributed by atoms with Crippen LogP contribution in [-0.2, 0) is 22.8 Å². The Hall–Kier alpha value is -2.88. The van der Waals surface area contributed by atoms with Crippen molar-refractivity contribution in [3.8, 4) is 5.69 Å². The van der Waals surface area contributed by atoms with Gasteiger partial charge in [-0.2, -0.15) is 4.68 Å². The van der Waals surface area contributed by atoms with Crippen molar-refractivity contribution in [1.29, 1.82) is 0 Å². The van der Waals surface area contributed by atoms with E-state index in [4.69, 9.17) is 0 Å². The summed E-state index contributed by atoms with van der Waals surface area (Å²) < 4.78 is 25.0. The van der Waals surface area contributed by atoms with Crippen molar-refractivity contribution >= 4 is 21.2 Å². The summed E-state index contributed by atoms with van der Waals surface area (Å²) in [6.45, 7) is 2.59. The number of benzene rings is 2. The third-order valence-corrected chi connectivity index (χ3v) is 7.12. The summed E-state index contributed by atoms with van der Waals surface area (Å²) >= 11 is 1.70. The summed E-state index contributed by atoms with van der Waals surface area (Å²) in [6.07, 6.45) is 2.19. The highest BCUT2D eigenvalue weighted by Gasteiger charge is 2.17. The van der Waals surface area contributed by atoms with Gasteiger partial charge in [0.1, 0.15) is 0 Å². The molecule has 0 saturated heterocycles. The van der Waals surface area contributed by atoms with E-state index in [0.717, 1.165) is 6.42 Å². The molecule has 31 heavy (non-hydrogen) atoms. The van der Waals surface area contributed by atoms with E-state index in [0.29, 0.717) is 18.1 Å². The van der Waals surface area contributed by atoms with E-state index >= 15 is 0 Å². The van der Waals surface area contributed by atoms with Crippen molar-refractivity contribution in [2.24, 2.45) is 0 Å². The summed E-state index contributed by atoms with van der Waals surface area (Å²) in [5.41, 5.74) is 3.18. The first-order valence-corrected chi connectivity index (χ1v) is 12.7. The summed E-state index contributed by atoms with van der Waals surface area (Å²) in [5, 5.41) is 17.7. The minimum atomic E-state index is -3.25. The van der Waals surface area contributed by atoms with Crippen LogP contribution in [0.25, 0.3) is 5.69 Å². The molecule has 0 amide bonds. The van der Waals surface area contributed by atoms with Gasteiger partial charge in [0.05, 0.1) is 23.2 Å². The Morgan fingerprint density at radius 1 is 1.06 bits per heavy atom. The molecule has 1 unspecified atom stereocenters. The van der Waals surface area contributed by atoms with Gasteiger partial charge in [-0.15, -0.1) is 16.4 Å². The van der Waals surface area contributed by atoms with Crippen LogP contribution in [0.1, 0.15) is 34.8 Å². The molecule has 0 bridgehead atoms. The average Bonchev–Trinajstić information content (AvgIpc) is 3.46. The maximum Gasteiger partial charge on any atom is 0.175 e. The number of hydrogen-bond donors (Lipinski definition) is 1. The number of sulfone groups is 1. The Morgan fingerprint density at radius 3 is 2.42 bits per heavy atom. The number of tetrazole rings is 1. The van der Waals surface area contributed by atoms with Crippen LogP contribution >= 0.6 is 11.3 Å². The number of aromatic nitrogens is 4. The normalized spacial score (nSPS) is 12.7. The smallest absolute Gasteiger partial charge is 0.175 e. The van der Waals surface area contributed by atoms with Gasteiger partial charge >= 0.3 is 0 Å². The molecule has 2 aromatic carbocycles. The fourth-order valence-electron chi connectivity index (χ4n) is 3.33. The highest BCUT2D eigenvalue weighted by molar-refractivity contribution is 7.90. The molecule has 0 aliphatic carbocycles. The van der Waals surface area contributed by atoms with Crippen molar-refractivity contribution in [2.45, 2.75) is 30.8 Å². The highest BCUT2D eigenvalue weighted by atomic mass is 32.2. The van der Waals surface area contributed by atoms with Crippen LogP contribution in [0.15, 0.2) is 70.9 Å². The van der Waals surface area contributed by atoms with Crippen LogP contribution < -0.4 is 5.32 Å². The topological polar surface area (TPSA) is 89.8 Å². The van der Waals surface area contributed by atoms with Gasteiger partial charge in [-0.05, 0) is 63.7 Å². The highest BCUT2D eigenvalue weighted by Crippen LogP contribution is 2.27. The van der Waals surface area contributed by atoms with Gasteiger partial charge in [0.15, 0.2) is 15.7 Å². The predicted octanol–water partition coefficient (Wildman–Crippen LogP) is 3.57. The van der Waals surface area contributed by atoms with Gasteiger partial charge < -0.3 is 0 Å². The molecule has 7 nitrogen and oxygen atoms in total. The zero-order valence-corrected chi connectivity index (χ0v) is 18.9. The van der Waals surface area contributed by atoms with Crippen molar-refractivity contribution in [3.05, 3.63) is 87.9 Å². The van der Waals surface area contributed by atoms with E-state index in [2.05, 4.69) is 63.5 Å². The van der Waals surface area contributed by atoms with E-state index < -0.39 is 9.84 Å². The van der Waals surface area contributed by atoms with Gasteiger partial charge in [0.2, 0.25) is 0 Å². The summed E-state index contributed by atoms with van der Waals surface area (Å²) in [4.78, 5) is 1.47. The summed E-state index contributed by atoms with van der Waals surface area (Å²) in [6, 6.07) is 19.3. The van der Waals surface area contributed by atoms with E-state index in [9.17, 15) is 8.42 Å². The first kappa shape index (κ1) is 21.4. The second-order valence-corrected chi connectivity index (χ2v) is 10.2. The third kappa shape index (κ3) is 4.90. The lowest BCUT2D eigenvalue weighted by Crippen LogP contribution is -2.23. The van der Waals surface area contributed by atoms with E-state index in [1.54, 1.807) is 40.3 Å². The first-order valence-electron chi connectivity index (χ1n) is 9.89. The number of aryl methyl sites for hydroxylation is 1. The fourth-order valence-corrected chi connectivity index (χ4v) is 4.79. The van der Waals surface area contributed by atoms with Crippen molar-refractivity contribution in [3.63, 3.8) is 0 Å². The van der Waals surface area contributed by atoms with Crippen LogP contribution in [0.2, 0.25) is 0 Å². The van der Waals surface area contributed by atoms with Gasteiger partial charge in [-0.3, -0.25) is 5.32 Å². The van der Waals surface area contributed by atoms with Crippen LogP contribution in [0, 0.1) is 0 Å². The van der Waals surface area contributed by atoms with Crippen LogP contribution in [0.4, 0.5) is 0 Å². The molecule has 2 aromatic heterocycles. The lowest BCUT2D eigenvalue weighted by molar-refractivity contribution is 0.582. The van der Waals surface area contributed by atoms with Gasteiger partial charge in [-0.1, -0.05) is 37.3 Å². The maximum absolute atomic E-state index is 11.7. The molecule has 4 rings (SSSR count). The van der Waals surface area contributed by atoms with E-state index in [-0.39, 0.29) is 10.9 Å². The molecule has 160 valence electrons. The maximum atomic E-state index is 11.7. The molecule has 0 spiro atoms. The van der Waals surface area contributed by atoms with Gasteiger partial charge in [-0.25, -0.2) is 8.42 Å². The Labute approximate surface area is 185 Å². The molecule has 2 heterocycles. The molecular formula is C22H23N5O2S2. The molecule has 0 saturated carbocycles. The largest absolute Gasteiger partial charge is 0.298 e. The minimum absolute atomic E-state index is 0.0173. The van der Waals surface area contributed by atoms with E-state index in [1.165, 1.54) is 22.3 Å². The number of hydrogen-bond acceptors (Lipinski definition) is 7. The van der Waals surface area contributed by atoms with Crippen molar-refractivity contribution in [2.75, 3.05) is 6.26 Å². The Balaban J connectivity index is 1.57. The minimum Gasteiger partial charge on any atom is -0.298 e. The van der Waals surface area contributed by atoms with Gasteiger partial charge in [0.25, 0.3) is 0 Å². The zero-order valence-electron chi connectivity index (χ0n) is 17.3. The summed E-state index contributed by atoms with van der Waals surface area (Å²) in [5.74, 6) is 0.638. The number of nitrogens with zero attached hydrogens (tertiary/aromatic N) is 4. The third-order valence-electron chi connectivity index (χ3n) is 5.06. The van der Waals surface area contributed by atoms with Gasteiger partial charge in [0, 0.05) is 11.1 Å². The molecule has 1 N–H and O–H groups in total. The molecule has 1 atom stereocenters. The first-order chi connectivity index (χ1) is 15.0. The monoisotopic (exact) mass is 453 g/mol. The number of thiophene rings is 1. The molecule has 0 aliphatic rings. The van der Waals surface area contributed by atoms with Crippen molar-refractivity contribution < 1.29 is 8.42 Å². The SMILES string of the molecule is CCc1ccc(C(NCc2nnnn2-c2ccc(S(C)(=O)=O)cc2)c2cccs2)cc1. The molecule has 4 aromatic rings. The number of rotatable bonds is 8. The van der Waals surface area contributed by atoms with Crippen LogP contribution in [0.3, 0.4) is 0 Å². The fraction of sp³-hybridized carbons (Fsp3) is 0.227. The van der Waals surface area contributed by atoms with E-state index in [1.807, 2.05) is 6.07 Å². The second kappa shape index (κ2) is 9.09. The molecule has 0 radical (unpaired) electrons. The lowest BCUT2D eigenvalue weighted by atomic mass is 10.0. The summed E-state index contributed by atoms with van der Waals surface area (Å²) in [7, 11) is -3.25. The second-order valence-electron chi connectivity index (χ2n) is 7.20. The Bertz CT molecular complexity index is 1230. The molecular weight excluding hydrogens is 430 g/mol. The molecule has 0 aliphatic heterocycles. The Kier molecular flexibility index (Phi) is 6.26. The Morgan fingerprint density at radius 2 is 1.81 bits per heavy atom. The molecule has 9 heteroatoms.